The standard InChI is InChI=1S/C18H34/c1-14(15-8-6-5-7-9-15)16-10-12-17(13-11-16)18(2,3)4/h14-17H,5-13H2,1-4H3. The normalized spacial score (nSPS) is 33.3. The zero-order valence-electron chi connectivity index (χ0n) is 13.2. The van der Waals surface area contributed by atoms with Crippen LogP contribution >= 0.6 is 0 Å². The van der Waals surface area contributed by atoms with Gasteiger partial charge in [0.25, 0.3) is 0 Å². The zero-order valence-corrected chi connectivity index (χ0v) is 13.2. The topological polar surface area (TPSA) is 0 Å². The smallest absolute Gasteiger partial charge is 0.0354 e. The van der Waals surface area contributed by atoms with E-state index >= 15 is 0 Å². The molecule has 0 aromatic heterocycles. The first-order valence-corrected chi connectivity index (χ1v) is 8.48. The molecular weight excluding hydrogens is 216 g/mol. The van der Waals surface area contributed by atoms with E-state index in [1.807, 2.05) is 0 Å². The lowest BCUT2D eigenvalue weighted by Gasteiger charge is -2.41. The van der Waals surface area contributed by atoms with E-state index in [1.165, 1.54) is 57.8 Å². The molecule has 18 heavy (non-hydrogen) atoms. The first kappa shape index (κ1) is 14.4. The van der Waals surface area contributed by atoms with E-state index in [0.717, 1.165) is 23.7 Å². The van der Waals surface area contributed by atoms with Gasteiger partial charge in [-0.1, -0.05) is 59.8 Å². The van der Waals surface area contributed by atoms with Gasteiger partial charge in [-0.2, -0.15) is 0 Å². The van der Waals surface area contributed by atoms with Crippen LogP contribution in [0.3, 0.4) is 0 Å². The number of rotatable bonds is 2. The summed E-state index contributed by atoms with van der Waals surface area (Å²) in [7, 11) is 0. The largest absolute Gasteiger partial charge is 0.0620 e. The highest BCUT2D eigenvalue weighted by atomic mass is 14.4. The van der Waals surface area contributed by atoms with E-state index in [1.54, 1.807) is 0 Å². The van der Waals surface area contributed by atoms with Crippen LogP contribution in [0, 0.1) is 29.1 Å². The molecule has 0 N–H and O–H groups in total. The Bertz CT molecular complexity index is 233. The van der Waals surface area contributed by atoms with Gasteiger partial charge in [-0.25, -0.2) is 0 Å². The average Bonchev–Trinajstić information content (AvgIpc) is 2.38. The van der Waals surface area contributed by atoms with E-state index in [2.05, 4.69) is 27.7 Å². The van der Waals surface area contributed by atoms with Crippen LogP contribution < -0.4 is 0 Å². The third-order valence-electron chi connectivity index (χ3n) is 6.13. The van der Waals surface area contributed by atoms with Crippen molar-refractivity contribution in [3.8, 4) is 0 Å². The van der Waals surface area contributed by atoms with E-state index in [4.69, 9.17) is 0 Å². The highest BCUT2D eigenvalue weighted by Crippen LogP contribution is 2.45. The SMILES string of the molecule is CC(C1CCCCC1)C1CCC(C(C)(C)C)CC1. The molecule has 2 rings (SSSR count). The summed E-state index contributed by atoms with van der Waals surface area (Å²) in [6.45, 7) is 9.87. The molecule has 106 valence electrons. The predicted octanol–water partition coefficient (Wildman–Crippen LogP) is 6.06. The van der Waals surface area contributed by atoms with E-state index in [-0.39, 0.29) is 0 Å². The fourth-order valence-corrected chi connectivity index (χ4v) is 4.56. The maximum absolute atomic E-state index is 2.57. The van der Waals surface area contributed by atoms with Crippen LogP contribution in [0.5, 0.6) is 0 Å². The van der Waals surface area contributed by atoms with E-state index in [9.17, 15) is 0 Å². The fraction of sp³-hybridized carbons (Fsp3) is 1.00. The summed E-state index contributed by atoms with van der Waals surface area (Å²) in [6, 6.07) is 0. The average molecular weight is 250 g/mol. The van der Waals surface area contributed by atoms with Gasteiger partial charge in [0, 0.05) is 0 Å². The van der Waals surface area contributed by atoms with Gasteiger partial charge in [0.05, 0.1) is 0 Å². The van der Waals surface area contributed by atoms with Gasteiger partial charge in [-0.05, 0) is 54.8 Å². The molecule has 0 aliphatic heterocycles. The van der Waals surface area contributed by atoms with Crippen molar-refractivity contribution in [3.63, 3.8) is 0 Å². The molecule has 2 aliphatic carbocycles. The van der Waals surface area contributed by atoms with Crippen molar-refractivity contribution in [1.82, 2.24) is 0 Å². The van der Waals surface area contributed by atoms with Crippen molar-refractivity contribution in [2.75, 3.05) is 0 Å². The van der Waals surface area contributed by atoms with Crippen LogP contribution in [0.25, 0.3) is 0 Å². The third kappa shape index (κ3) is 3.52. The molecule has 0 amide bonds. The third-order valence-corrected chi connectivity index (χ3v) is 6.13. The molecule has 1 unspecified atom stereocenters. The van der Waals surface area contributed by atoms with Crippen molar-refractivity contribution in [2.24, 2.45) is 29.1 Å². The van der Waals surface area contributed by atoms with Gasteiger partial charge in [0.2, 0.25) is 0 Å². The van der Waals surface area contributed by atoms with Crippen molar-refractivity contribution < 1.29 is 0 Å². The van der Waals surface area contributed by atoms with E-state index < -0.39 is 0 Å². The lowest BCUT2D eigenvalue weighted by Crippen LogP contribution is -2.30. The Labute approximate surface area is 115 Å². The maximum Gasteiger partial charge on any atom is -0.0354 e. The number of hydrogen-bond donors (Lipinski definition) is 0. The van der Waals surface area contributed by atoms with Crippen molar-refractivity contribution in [1.29, 1.82) is 0 Å². The van der Waals surface area contributed by atoms with Gasteiger partial charge in [-0.15, -0.1) is 0 Å². The lowest BCUT2D eigenvalue weighted by molar-refractivity contribution is 0.0974. The highest BCUT2D eigenvalue weighted by Gasteiger charge is 2.34. The summed E-state index contributed by atoms with van der Waals surface area (Å²) in [6.07, 6.45) is 13.6. The molecule has 0 radical (unpaired) electrons. The minimum absolute atomic E-state index is 0.541. The molecule has 0 heterocycles. The van der Waals surface area contributed by atoms with Gasteiger partial charge >= 0.3 is 0 Å². The van der Waals surface area contributed by atoms with Crippen LogP contribution in [0.15, 0.2) is 0 Å². The summed E-state index contributed by atoms with van der Waals surface area (Å²) in [5.41, 5.74) is 0.541. The maximum atomic E-state index is 2.57. The fourth-order valence-electron chi connectivity index (χ4n) is 4.56. The molecule has 0 heteroatoms. The molecule has 0 spiro atoms. The van der Waals surface area contributed by atoms with Crippen molar-refractivity contribution >= 4 is 0 Å². The molecule has 2 aliphatic rings. The van der Waals surface area contributed by atoms with Gasteiger partial charge in [-0.3, -0.25) is 0 Å². The zero-order chi connectivity index (χ0) is 13.2. The lowest BCUT2D eigenvalue weighted by atomic mass is 9.65. The Balaban J connectivity index is 1.81. The second-order valence-electron chi connectivity index (χ2n) is 8.23. The molecular formula is C18H34. The Morgan fingerprint density at radius 1 is 0.722 bits per heavy atom. The Morgan fingerprint density at radius 3 is 1.72 bits per heavy atom. The first-order chi connectivity index (χ1) is 8.48. The molecule has 1 atom stereocenters. The monoisotopic (exact) mass is 250 g/mol. The predicted molar refractivity (Wildman–Crippen MR) is 80.6 cm³/mol. The molecule has 0 nitrogen and oxygen atoms in total. The summed E-state index contributed by atoms with van der Waals surface area (Å²) >= 11 is 0. The molecule has 2 saturated carbocycles. The van der Waals surface area contributed by atoms with E-state index in [0.29, 0.717) is 5.41 Å². The number of hydrogen-bond acceptors (Lipinski definition) is 0. The van der Waals surface area contributed by atoms with Gasteiger partial charge in [0.1, 0.15) is 0 Å². The van der Waals surface area contributed by atoms with Crippen LogP contribution in [-0.2, 0) is 0 Å². The molecule has 0 aromatic rings. The quantitative estimate of drug-likeness (QED) is 0.559. The summed E-state index contributed by atoms with van der Waals surface area (Å²) in [5, 5.41) is 0. The van der Waals surface area contributed by atoms with Crippen LogP contribution in [0.1, 0.15) is 85.5 Å². The van der Waals surface area contributed by atoms with Gasteiger partial charge in [0.15, 0.2) is 0 Å². The Morgan fingerprint density at radius 2 is 1.22 bits per heavy atom. The molecule has 0 bridgehead atoms. The van der Waals surface area contributed by atoms with Crippen molar-refractivity contribution in [3.05, 3.63) is 0 Å². The van der Waals surface area contributed by atoms with Crippen molar-refractivity contribution in [2.45, 2.75) is 85.5 Å². The highest BCUT2D eigenvalue weighted by molar-refractivity contribution is 4.84. The van der Waals surface area contributed by atoms with Crippen LogP contribution in [0.2, 0.25) is 0 Å². The Kier molecular flexibility index (Phi) is 4.78. The molecule has 2 fully saturated rings. The minimum Gasteiger partial charge on any atom is -0.0620 e. The summed E-state index contributed by atoms with van der Waals surface area (Å²) in [4.78, 5) is 0. The van der Waals surface area contributed by atoms with Gasteiger partial charge < -0.3 is 0 Å². The summed E-state index contributed by atoms with van der Waals surface area (Å²) in [5.74, 6) is 4.10. The molecule has 0 aromatic carbocycles. The second kappa shape index (κ2) is 5.97. The minimum atomic E-state index is 0.541. The van der Waals surface area contributed by atoms with Crippen LogP contribution in [0.4, 0.5) is 0 Å². The molecule has 0 saturated heterocycles. The first-order valence-electron chi connectivity index (χ1n) is 8.48. The second-order valence-corrected chi connectivity index (χ2v) is 8.23. The van der Waals surface area contributed by atoms with Crippen LogP contribution in [-0.4, -0.2) is 0 Å². The summed E-state index contributed by atoms with van der Waals surface area (Å²) < 4.78 is 0. The Hall–Kier alpha value is 0.